The molecule has 1 aromatic heterocycles. The molecular formula is C17H21N3O3S. The first-order chi connectivity index (χ1) is 11.5. The van der Waals surface area contributed by atoms with Crippen molar-refractivity contribution in [3.8, 4) is 0 Å². The standard InChI is InChI=1S/C17H21N3O3S/c1-11-10-12(19-16(21)13(18)7-9-24-2)5-6-14(11)20-17(22)15-4-3-8-23-15/h3-6,8,10,13H,7,9,18H2,1-2H3,(H,19,21)(H,20,22)/t13-/m0/s1. The van der Waals surface area contributed by atoms with Gasteiger partial charge >= 0.3 is 0 Å². The molecule has 0 spiro atoms. The van der Waals surface area contributed by atoms with E-state index in [9.17, 15) is 9.59 Å². The van der Waals surface area contributed by atoms with Crippen LogP contribution in [-0.2, 0) is 4.79 Å². The first kappa shape index (κ1) is 18.1. The Morgan fingerprint density at radius 1 is 1.29 bits per heavy atom. The molecule has 2 amide bonds. The second kappa shape index (κ2) is 8.56. The highest BCUT2D eigenvalue weighted by molar-refractivity contribution is 7.98. The van der Waals surface area contributed by atoms with Gasteiger partial charge in [0.15, 0.2) is 5.76 Å². The van der Waals surface area contributed by atoms with Crippen molar-refractivity contribution in [2.45, 2.75) is 19.4 Å². The van der Waals surface area contributed by atoms with Crippen molar-refractivity contribution in [3.05, 3.63) is 47.9 Å². The summed E-state index contributed by atoms with van der Waals surface area (Å²) in [6.07, 6.45) is 4.05. The zero-order chi connectivity index (χ0) is 17.5. The molecule has 0 fully saturated rings. The molecule has 0 aliphatic rings. The number of amides is 2. The van der Waals surface area contributed by atoms with E-state index in [0.717, 1.165) is 11.3 Å². The Hall–Kier alpha value is -2.25. The maximum absolute atomic E-state index is 12.0. The van der Waals surface area contributed by atoms with Crippen LogP contribution in [0.5, 0.6) is 0 Å². The van der Waals surface area contributed by atoms with Crippen LogP contribution in [0.3, 0.4) is 0 Å². The van der Waals surface area contributed by atoms with Crippen LogP contribution < -0.4 is 16.4 Å². The maximum atomic E-state index is 12.0. The number of rotatable bonds is 7. The van der Waals surface area contributed by atoms with E-state index in [1.165, 1.54) is 6.26 Å². The zero-order valence-corrected chi connectivity index (χ0v) is 14.5. The monoisotopic (exact) mass is 347 g/mol. The average molecular weight is 347 g/mol. The molecule has 1 atom stereocenters. The van der Waals surface area contributed by atoms with Crippen LogP contribution >= 0.6 is 11.8 Å². The van der Waals surface area contributed by atoms with Crippen LogP contribution in [0.1, 0.15) is 22.5 Å². The fourth-order valence-electron chi connectivity index (χ4n) is 2.08. The van der Waals surface area contributed by atoms with E-state index in [0.29, 0.717) is 17.8 Å². The normalized spacial score (nSPS) is 11.8. The van der Waals surface area contributed by atoms with Gasteiger partial charge in [0.1, 0.15) is 0 Å². The number of anilines is 2. The van der Waals surface area contributed by atoms with Gasteiger partial charge in [-0.05, 0) is 61.2 Å². The Balaban J connectivity index is 1.99. The van der Waals surface area contributed by atoms with Crippen molar-refractivity contribution in [3.63, 3.8) is 0 Å². The number of benzene rings is 1. The van der Waals surface area contributed by atoms with Crippen molar-refractivity contribution in [1.29, 1.82) is 0 Å². The summed E-state index contributed by atoms with van der Waals surface area (Å²) in [4.78, 5) is 24.0. The fourth-order valence-corrected chi connectivity index (χ4v) is 2.57. The summed E-state index contributed by atoms with van der Waals surface area (Å²) in [6.45, 7) is 1.85. The van der Waals surface area contributed by atoms with Crippen LogP contribution in [0.15, 0.2) is 41.0 Å². The van der Waals surface area contributed by atoms with Crippen LogP contribution in [0, 0.1) is 6.92 Å². The first-order valence-electron chi connectivity index (χ1n) is 7.52. The number of carbonyl (C=O) groups excluding carboxylic acids is 2. The third-order valence-corrected chi connectivity index (χ3v) is 4.10. The minimum Gasteiger partial charge on any atom is -0.459 e. The predicted octanol–water partition coefficient (Wildman–Crippen LogP) is 2.86. The van der Waals surface area contributed by atoms with Gasteiger partial charge in [0, 0.05) is 11.4 Å². The Morgan fingerprint density at radius 2 is 2.08 bits per heavy atom. The van der Waals surface area contributed by atoms with E-state index in [-0.39, 0.29) is 17.6 Å². The molecule has 0 bridgehead atoms. The van der Waals surface area contributed by atoms with Gasteiger partial charge in [0.25, 0.3) is 5.91 Å². The Bertz CT molecular complexity index is 701. The summed E-state index contributed by atoms with van der Waals surface area (Å²) in [5.74, 6) is 0.548. The smallest absolute Gasteiger partial charge is 0.291 e. The molecule has 0 unspecified atom stereocenters. The highest BCUT2D eigenvalue weighted by Gasteiger charge is 2.14. The third-order valence-electron chi connectivity index (χ3n) is 3.46. The number of thioether (sulfide) groups is 1. The molecule has 128 valence electrons. The molecule has 0 aliphatic heterocycles. The van der Waals surface area contributed by atoms with E-state index in [1.54, 1.807) is 42.1 Å². The predicted molar refractivity (Wildman–Crippen MR) is 97.4 cm³/mol. The molecule has 2 rings (SSSR count). The van der Waals surface area contributed by atoms with Crippen molar-refractivity contribution >= 4 is 35.0 Å². The molecule has 7 heteroatoms. The number of hydrogen-bond donors (Lipinski definition) is 3. The first-order valence-corrected chi connectivity index (χ1v) is 8.91. The molecular weight excluding hydrogens is 326 g/mol. The van der Waals surface area contributed by atoms with Gasteiger partial charge in [-0.2, -0.15) is 11.8 Å². The molecule has 6 nitrogen and oxygen atoms in total. The van der Waals surface area contributed by atoms with Gasteiger partial charge in [-0.1, -0.05) is 0 Å². The van der Waals surface area contributed by atoms with Gasteiger partial charge in [-0.3, -0.25) is 9.59 Å². The van der Waals surface area contributed by atoms with Crippen LogP contribution in [-0.4, -0.2) is 29.9 Å². The fraction of sp³-hybridized carbons (Fsp3) is 0.294. The van der Waals surface area contributed by atoms with E-state index < -0.39 is 6.04 Å². The van der Waals surface area contributed by atoms with Crippen molar-refractivity contribution in [1.82, 2.24) is 0 Å². The molecule has 1 heterocycles. The topological polar surface area (TPSA) is 97.4 Å². The Labute approximate surface area is 145 Å². The number of aryl methyl sites for hydroxylation is 1. The Kier molecular flexibility index (Phi) is 6.45. The minimum atomic E-state index is -0.531. The van der Waals surface area contributed by atoms with Crippen molar-refractivity contribution in [2.24, 2.45) is 5.73 Å². The van der Waals surface area contributed by atoms with Gasteiger partial charge in [-0.15, -0.1) is 0 Å². The lowest BCUT2D eigenvalue weighted by Gasteiger charge is -2.13. The largest absolute Gasteiger partial charge is 0.459 e. The molecule has 24 heavy (non-hydrogen) atoms. The lowest BCUT2D eigenvalue weighted by atomic mass is 10.1. The molecule has 0 aliphatic carbocycles. The van der Waals surface area contributed by atoms with Gasteiger partial charge in [0.05, 0.1) is 12.3 Å². The Morgan fingerprint density at radius 3 is 2.71 bits per heavy atom. The zero-order valence-electron chi connectivity index (χ0n) is 13.7. The van der Waals surface area contributed by atoms with E-state index in [2.05, 4.69) is 10.6 Å². The molecule has 0 saturated heterocycles. The van der Waals surface area contributed by atoms with Crippen molar-refractivity contribution in [2.75, 3.05) is 22.6 Å². The van der Waals surface area contributed by atoms with Crippen LogP contribution in [0.2, 0.25) is 0 Å². The lowest BCUT2D eigenvalue weighted by Crippen LogP contribution is -2.36. The summed E-state index contributed by atoms with van der Waals surface area (Å²) in [5, 5.41) is 5.57. The summed E-state index contributed by atoms with van der Waals surface area (Å²) in [6, 6.07) is 7.96. The second-order valence-electron chi connectivity index (χ2n) is 5.34. The average Bonchev–Trinajstić information content (AvgIpc) is 3.09. The molecule has 1 aromatic carbocycles. The SMILES string of the molecule is CSCC[C@H](N)C(=O)Nc1ccc(NC(=O)c2ccco2)c(C)c1. The van der Waals surface area contributed by atoms with Gasteiger partial charge < -0.3 is 20.8 Å². The van der Waals surface area contributed by atoms with E-state index in [4.69, 9.17) is 10.2 Å². The molecule has 2 aromatic rings. The van der Waals surface area contributed by atoms with E-state index in [1.807, 2.05) is 13.2 Å². The molecule has 0 saturated carbocycles. The van der Waals surface area contributed by atoms with Crippen molar-refractivity contribution < 1.29 is 14.0 Å². The summed E-state index contributed by atoms with van der Waals surface area (Å²) < 4.78 is 5.06. The number of carbonyl (C=O) groups is 2. The lowest BCUT2D eigenvalue weighted by molar-refractivity contribution is -0.117. The van der Waals surface area contributed by atoms with Gasteiger partial charge in [0.2, 0.25) is 5.91 Å². The third kappa shape index (κ3) is 4.87. The van der Waals surface area contributed by atoms with Crippen LogP contribution in [0.25, 0.3) is 0 Å². The summed E-state index contributed by atoms with van der Waals surface area (Å²) in [5.41, 5.74) is 7.97. The number of nitrogens with two attached hydrogens (primary N) is 1. The second-order valence-corrected chi connectivity index (χ2v) is 6.32. The van der Waals surface area contributed by atoms with Crippen LogP contribution in [0.4, 0.5) is 11.4 Å². The molecule has 4 N–H and O–H groups in total. The quantitative estimate of drug-likeness (QED) is 0.715. The van der Waals surface area contributed by atoms with Gasteiger partial charge in [-0.25, -0.2) is 0 Å². The highest BCUT2D eigenvalue weighted by Crippen LogP contribution is 2.21. The number of nitrogens with one attached hydrogen (secondary N) is 2. The number of furan rings is 1. The summed E-state index contributed by atoms with van der Waals surface area (Å²) >= 11 is 1.65. The maximum Gasteiger partial charge on any atom is 0.291 e. The number of hydrogen-bond acceptors (Lipinski definition) is 5. The highest BCUT2D eigenvalue weighted by atomic mass is 32.2. The van der Waals surface area contributed by atoms with E-state index >= 15 is 0 Å². The molecule has 0 radical (unpaired) electrons. The summed E-state index contributed by atoms with van der Waals surface area (Å²) in [7, 11) is 0. The minimum absolute atomic E-state index is 0.212.